The summed E-state index contributed by atoms with van der Waals surface area (Å²) in [5.41, 5.74) is 1.74. The lowest BCUT2D eigenvalue weighted by Gasteiger charge is -2.18. The van der Waals surface area contributed by atoms with E-state index in [-0.39, 0.29) is 0 Å². The number of benzene rings is 2. The molecule has 0 amide bonds. The van der Waals surface area contributed by atoms with E-state index in [0.717, 1.165) is 5.56 Å². The van der Waals surface area contributed by atoms with Gasteiger partial charge in [-0.1, -0.05) is 30.3 Å². The molecule has 0 radical (unpaired) electrons. The Kier molecular flexibility index (Phi) is 5.06. The van der Waals surface area contributed by atoms with Crippen LogP contribution in [0.4, 0.5) is 0 Å². The van der Waals surface area contributed by atoms with Crippen molar-refractivity contribution in [3.63, 3.8) is 0 Å². The average molecular weight is 288 g/mol. The third-order valence-electron chi connectivity index (χ3n) is 3.37. The highest BCUT2D eigenvalue weighted by atomic mass is 16.5. The van der Waals surface area contributed by atoms with Crippen molar-refractivity contribution in [2.24, 2.45) is 0 Å². The van der Waals surface area contributed by atoms with Crippen LogP contribution in [0.5, 0.6) is 17.2 Å². The first-order valence-corrected chi connectivity index (χ1v) is 6.71. The van der Waals surface area contributed by atoms with Crippen LogP contribution in [0.1, 0.15) is 17.2 Å². The molecule has 0 bridgehead atoms. The van der Waals surface area contributed by atoms with Crippen LogP contribution in [0, 0.1) is 0 Å². The average Bonchev–Trinajstić information content (AvgIpc) is 2.54. The molecule has 0 saturated heterocycles. The lowest BCUT2D eigenvalue weighted by Crippen LogP contribution is -2.05. The summed E-state index contributed by atoms with van der Waals surface area (Å²) in [6.07, 6.45) is -0.172. The summed E-state index contributed by atoms with van der Waals surface area (Å²) in [5.74, 6) is 1.72. The first-order chi connectivity index (χ1) is 10.2. The monoisotopic (exact) mass is 288 g/mol. The van der Waals surface area contributed by atoms with Gasteiger partial charge in [-0.15, -0.1) is 0 Å². The minimum atomic E-state index is -0.679. The van der Waals surface area contributed by atoms with Gasteiger partial charge in [0.15, 0.2) is 11.5 Å². The highest BCUT2D eigenvalue weighted by Crippen LogP contribution is 2.38. The summed E-state index contributed by atoms with van der Waals surface area (Å²) in [5, 5.41) is 10.5. The van der Waals surface area contributed by atoms with Gasteiger partial charge in [0, 0.05) is 18.1 Å². The maximum absolute atomic E-state index is 10.5. The van der Waals surface area contributed by atoms with Crippen LogP contribution in [-0.4, -0.2) is 26.4 Å². The largest absolute Gasteiger partial charge is 0.496 e. The van der Waals surface area contributed by atoms with Gasteiger partial charge >= 0.3 is 0 Å². The zero-order valence-electron chi connectivity index (χ0n) is 12.5. The number of rotatable bonds is 6. The second-order valence-corrected chi connectivity index (χ2v) is 4.65. The van der Waals surface area contributed by atoms with E-state index in [4.69, 9.17) is 14.2 Å². The van der Waals surface area contributed by atoms with Crippen molar-refractivity contribution < 1.29 is 19.3 Å². The Morgan fingerprint density at radius 3 is 2.00 bits per heavy atom. The van der Waals surface area contributed by atoms with E-state index in [1.165, 1.54) is 0 Å². The van der Waals surface area contributed by atoms with Gasteiger partial charge in [-0.2, -0.15) is 0 Å². The van der Waals surface area contributed by atoms with Crippen molar-refractivity contribution in [1.82, 2.24) is 0 Å². The van der Waals surface area contributed by atoms with Crippen molar-refractivity contribution in [3.8, 4) is 17.2 Å². The minimum Gasteiger partial charge on any atom is -0.496 e. The second kappa shape index (κ2) is 6.99. The summed E-state index contributed by atoms with van der Waals surface area (Å²) in [7, 11) is 4.70. The lowest BCUT2D eigenvalue weighted by molar-refractivity contribution is 0.173. The van der Waals surface area contributed by atoms with Gasteiger partial charge in [0.05, 0.1) is 27.4 Å². The molecule has 1 N–H and O–H groups in total. The van der Waals surface area contributed by atoms with E-state index in [1.54, 1.807) is 33.5 Å². The number of hydrogen-bond donors (Lipinski definition) is 1. The molecule has 2 aromatic carbocycles. The topological polar surface area (TPSA) is 47.9 Å². The Bertz CT molecular complexity index is 581. The van der Waals surface area contributed by atoms with Crippen molar-refractivity contribution >= 4 is 0 Å². The normalized spacial score (nSPS) is 11.8. The molecule has 0 heterocycles. The quantitative estimate of drug-likeness (QED) is 0.887. The molecule has 4 heteroatoms. The Hall–Kier alpha value is -2.20. The van der Waals surface area contributed by atoms with Crippen LogP contribution in [0.25, 0.3) is 0 Å². The molecule has 0 saturated carbocycles. The predicted molar refractivity (Wildman–Crippen MR) is 81.2 cm³/mol. The van der Waals surface area contributed by atoms with Gasteiger partial charge in [0.25, 0.3) is 0 Å². The number of aliphatic hydroxyl groups excluding tert-OH is 1. The van der Waals surface area contributed by atoms with Crippen molar-refractivity contribution in [1.29, 1.82) is 0 Å². The van der Waals surface area contributed by atoms with Gasteiger partial charge < -0.3 is 19.3 Å². The van der Waals surface area contributed by atoms with Gasteiger partial charge in [0.1, 0.15) is 5.75 Å². The molecule has 112 valence electrons. The molecule has 0 aromatic heterocycles. The summed E-state index contributed by atoms with van der Waals surface area (Å²) in [6, 6.07) is 13.3. The highest BCUT2D eigenvalue weighted by molar-refractivity contribution is 5.51. The molecule has 21 heavy (non-hydrogen) atoms. The Morgan fingerprint density at radius 2 is 1.43 bits per heavy atom. The fourth-order valence-electron chi connectivity index (χ4n) is 2.26. The number of hydrogen-bond acceptors (Lipinski definition) is 4. The van der Waals surface area contributed by atoms with E-state index in [0.29, 0.717) is 29.2 Å². The number of ether oxygens (including phenoxy) is 3. The van der Waals surface area contributed by atoms with Crippen molar-refractivity contribution in [2.75, 3.05) is 21.3 Å². The third kappa shape index (κ3) is 3.47. The molecule has 1 atom stereocenters. The van der Waals surface area contributed by atoms with Crippen LogP contribution in [0.15, 0.2) is 42.5 Å². The van der Waals surface area contributed by atoms with Gasteiger partial charge in [0.2, 0.25) is 0 Å². The highest BCUT2D eigenvalue weighted by Gasteiger charge is 2.18. The summed E-state index contributed by atoms with van der Waals surface area (Å²) in [4.78, 5) is 0. The van der Waals surface area contributed by atoms with Gasteiger partial charge in [-0.05, 0) is 11.6 Å². The molecule has 0 fully saturated rings. The molecule has 0 aliphatic rings. The van der Waals surface area contributed by atoms with Crippen molar-refractivity contribution in [2.45, 2.75) is 12.5 Å². The minimum absolute atomic E-state index is 0.507. The van der Waals surface area contributed by atoms with Gasteiger partial charge in [-0.3, -0.25) is 0 Å². The van der Waals surface area contributed by atoms with Crippen molar-refractivity contribution in [3.05, 3.63) is 53.6 Å². The standard InChI is InChI=1S/C17H20O4/c1-19-15-11-17(21-3)16(20-2)10-13(15)14(18)9-12-7-5-4-6-8-12/h4-8,10-11,14,18H,9H2,1-3H3. The molecule has 0 aliphatic heterocycles. The van der Waals surface area contributed by atoms with Crippen LogP contribution in [0.3, 0.4) is 0 Å². The van der Waals surface area contributed by atoms with E-state index in [9.17, 15) is 5.11 Å². The summed E-state index contributed by atoms with van der Waals surface area (Å²) in [6.45, 7) is 0. The van der Waals surface area contributed by atoms with Gasteiger partial charge in [-0.25, -0.2) is 0 Å². The van der Waals surface area contributed by atoms with Crippen LogP contribution in [0.2, 0.25) is 0 Å². The number of methoxy groups -OCH3 is 3. The predicted octanol–water partition coefficient (Wildman–Crippen LogP) is 2.99. The fourth-order valence-corrected chi connectivity index (χ4v) is 2.26. The SMILES string of the molecule is COc1cc(OC)c(C(O)Cc2ccccc2)cc1OC. The van der Waals surface area contributed by atoms with Crippen LogP contribution < -0.4 is 14.2 Å². The second-order valence-electron chi connectivity index (χ2n) is 4.65. The third-order valence-corrected chi connectivity index (χ3v) is 3.37. The Balaban J connectivity index is 2.33. The molecule has 0 spiro atoms. The molecule has 2 aromatic rings. The zero-order chi connectivity index (χ0) is 15.2. The molecular formula is C17H20O4. The number of aliphatic hydroxyl groups is 1. The van der Waals surface area contributed by atoms with Crippen LogP contribution in [-0.2, 0) is 6.42 Å². The maximum Gasteiger partial charge on any atom is 0.164 e. The Labute approximate surface area is 124 Å². The molecule has 2 rings (SSSR count). The van der Waals surface area contributed by atoms with E-state index in [2.05, 4.69) is 0 Å². The summed E-state index contributed by atoms with van der Waals surface area (Å²) >= 11 is 0. The molecule has 4 nitrogen and oxygen atoms in total. The summed E-state index contributed by atoms with van der Waals surface area (Å²) < 4.78 is 15.9. The van der Waals surface area contributed by atoms with E-state index in [1.807, 2.05) is 30.3 Å². The maximum atomic E-state index is 10.5. The zero-order valence-corrected chi connectivity index (χ0v) is 12.5. The fraction of sp³-hybridized carbons (Fsp3) is 0.294. The van der Waals surface area contributed by atoms with E-state index >= 15 is 0 Å². The molecular weight excluding hydrogens is 268 g/mol. The smallest absolute Gasteiger partial charge is 0.164 e. The Morgan fingerprint density at radius 1 is 0.857 bits per heavy atom. The van der Waals surface area contributed by atoms with Crippen LogP contribution >= 0.6 is 0 Å². The molecule has 0 aliphatic carbocycles. The lowest BCUT2D eigenvalue weighted by atomic mass is 10.00. The molecule has 1 unspecified atom stereocenters. The van der Waals surface area contributed by atoms with E-state index < -0.39 is 6.10 Å². The first-order valence-electron chi connectivity index (χ1n) is 6.71. The first kappa shape index (κ1) is 15.2.